The molecule has 1 nitrogen and oxygen atoms in total. The third kappa shape index (κ3) is 2.11. The topological polar surface area (TPSA) is 12.0 Å². The Morgan fingerprint density at radius 2 is 1.93 bits per heavy atom. The summed E-state index contributed by atoms with van der Waals surface area (Å²) in [6, 6.07) is 2.25. The summed E-state index contributed by atoms with van der Waals surface area (Å²) in [6.07, 6.45) is 0.491. The van der Waals surface area contributed by atoms with Crippen molar-refractivity contribution < 1.29 is 8.78 Å². The molecule has 0 amide bonds. The Hall–Kier alpha value is -0.740. The van der Waals surface area contributed by atoms with Crippen molar-refractivity contribution in [2.75, 3.05) is 6.54 Å². The molecule has 0 radical (unpaired) electrons. The van der Waals surface area contributed by atoms with Crippen LogP contribution in [0.4, 0.5) is 8.78 Å². The maximum atomic E-state index is 13.5. The average Bonchev–Trinajstić information content (AvgIpc) is 2.49. The number of nitrogens with one attached hydrogen (secondary N) is 1. The molecule has 0 bridgehead atoms. The first kappa shape index (κ1) is 10.8. The lowest BCUT2D eigenvalue weighted by atomic mass is 9.97. The van der Waals surface area contributed by atoms with E-state index in [1.54, 1.807) is 0 Å². The highest BCUT2D eigenvalue weighted by Gasteiger charge is 2.26. The molecule has 5 heteroatoms. The van der Waals surface area contributed by atoms with Gasteiger partial charge in [0.25, 0.3) is 0 Å². The molecule has 15 heavy (non-hydrogen) atoms. The SMILES string of the molecule is Fc1cc(Cl)cc(F)c1[C@@H]1CNC(=S)C1. The lowest BCUT2D eigenvalue weighted by Gasteiger charge is -2.10. The van der Waals surface area contributed by atoms with Crippen LogP contribution in [-0.2, 0) is 0 Å². The Labute approximate surface area is 96.4 Å². The molecule has 1 heterocycles. The van der Waals surface area contributed by atoms with E-state index in [2.05, 4.69) is 5.32 Å². The van der Waals surface area contributed by atoms with Crippen molar-refractivity contribution in [3.05, 3.63) is 34.4 Å². The summed E-state index contributed by atoms with van der Waals surface area (Å²) in [5, 5.41) is 2.97. The number of rotatable bonds is 1. The van der Waals surface area contributed by atoms with Gasteiger partial charge in [-0.2, -0.15) is 0 Å². The van der Waals surface area contributed by atoms with Crippen LogP contribution in [0, 0.1) is 11.6 Å². The molecule has 0 unspecified atom stereocenters. The lowest BCUT2D eigenvalue weighted by molar-refractivity contribution is 0.533. The van der Waals surface area contributed by atoms with Crippen LogP contribution in [0.25, 0.3) is 0 Å². The van der Waals surface area contributed by atoms with E-state index >= 15 is 0 Å². The van der Waals surface area contributed by atoms with E-state index in [1.807, 2.05) is 0 Å². The summed E-state index contributed by atoms with van der Waals surface area (Å²) in [4.78, 5) is 0.647. The quantitative estimate of drug-likeness (QED) is 0.766. The molecule has 1 atom stereocenters. The van der Waals surface area contributed by atoms with E-state index in [9.17, 15) is 8.78 Å². The van der Waals surface area contributed by atoms with Gasteiger partial charge in [-0.15, -0.1) is 0 Å². The first-order valence-corrected chi connectivity index (χ1v) is 5.27. The van der Waals surface area contributed by atoms with Gasteiger partial charge in [-0.05, 0) is 12.1 Å². The van der Waals surface area contributed by atoms with Crippen molar-refractivity contribution in [2.45, 2.75) is 12.3 Å². The van der Waals surface area contributed by atoms with Crippen LogP contribution in [0.15, 0.2) is 12.1 Å². The summed E-state index contributed by atoms with van der Waals surface area (Å²) in [6.45, 7) is 0.480. The second-order valence-electron chi connectivity index (χ2n) is 3.49. The Bertz CT molecular complexity index is 399. The Balaban J connectivity index is 2.39. The van der Waals surface area contributed by atoms with Crippen molar-refractivity contribution in [3.63, 3.8) is 0 Å². The van der Waals surface area contributed by atoms with E-state index in [0.29, 0.717) is 18.0 Å². The molecule has 1 N–H and O–H groups in total. The van der Waals surface area contributed by atoms with Crippen LogP contribution in [-0.4, -0.2) is 11.5 Å². The monoisotopic (exact) mass is 247 g/mol. The number of hydrogen-bond acceptors (Lipinski definition) is 1. The maximum absolute atomic E-state index is 13.5. The minimum atomic E-state index is -0.600. The zero-order valence-electron chi connectivity index (χ0n) is 7.69. The Kier molecular flexibility index (Phi) is 2.89. The fourth-order valence-electron chi connectivity index (χ4n) is 1.75. The third-order valence-electron chi connectivity index (χ3n) is 2.43. The summed E-state index contributed by atoms with van der Waals surface area (Å²) < 4.78 is 27.0. The van der Waals surface area contributed by atoms with Crippen LogP contribution < -0.4 is 5.32 Å². The molecule has 0 aromatic heterocycles. The van der Waals surface area contributed by atoms with Crippen molar-refractivity contribution in [2.24, 2.45) is 0 Å². The van der Waals surface area contributed by atoms with Crippen LogP contribution >= 0.6 is 23.8 Å². The normalized spacial score (nSPS) is 20.5. The molecule has 1 aliphatic rings. The van der Waals surface area contributed by atoms with Gasteiger partial charge in [0.05, 0.1) is 4.99 Å². The molecule has 80 valence electrons. The highest BCUT2D eigenvalue weighted by molar-refractivity contribution is 7.80. The molecule has 1 aromatic rings. The molecule has 1 fully saturated rings. The van der Waals surface area contributed by atoms with Gasteiger partial charge in [0.15, 0.2) is 0 Å². The summed E-state index contributed by atoms with van der Waals surface area (Å²) in [7, 11) is 0. The summed E-state index contributed by atoms with van der Waals surface area (Å²) in [5.74, 6) is -1.43. The van der Waals surface area contributed by atoms with E-state index in [1.165, 1.54) is 0 Å². The van der Waals surface area contributed by atoms with Crippen LogP contribution in [0.5, 0.6) is 0 Å². The highest BCUT2D eigenvalue weighted by atomic mass is 35.5. The molecule has 0 spiro atoms. The predicted molar refractivity (Wildman–Crippen MR) is 59.3 cm³/mol. The van der Waals surface area contributed by atoms with Gasteiger partial charge >= 0.3 is 0 Å². The lowest BCUT2D eigenvalue weighted by Crippen LogP contribution is -2.12. The van der Waals surface area contributed by atoms with Gasteiger partial charge in [0, 0.05) is 29.5 Å². The van der Waals surface area contributed by atoms with Crippen LogP contribution in [0.2, 0.25) is 5.02 Å². The minimum Gasteiger partial charge on any atom is -0.379 e. The predicted octanol–water partition coefficient (Wildman–Crippen LogP) is 3.02. The Morgan fingerprint density at radius 1 is 1.33 bits per heavy atom. The maximum Gasteiger partial charge on any atom is 0.131 e. The van der Waals surface area contributed by atoms with Crippen molar-refractivity contribution in [3.8, 4) is 0 Å². The molecule has 1 saturated heterocycles. The molecular formula is C10H8ClF2NS. The van der Waals surface area contributed by atoms with Crippen LogP contribution in [0.1, 0.15) is 17.9 Å². The summed E-state index contributed by atoms with van der Waals surface area (Å²) >= 11 is 10.5. The molecule has 0 aliphatic carbocycles. The number of halogens is 3. The number of thiocarbonyl (C=S) groups is 1. The van der Waals surface area contributed by atoms with Gasteiger partial charge in [-0.1, -0.05) is 23.8 Å². The van der Waals surface area contributed by atoms with Crippen molar-refractivity contribution >= 4 is 28.8 Å². The van der Waals surface area contributed by atoms with E-state index in [0.717, 1.165) is 12.1 Å². The average molecular weight is 248 g/mol. The first-order valence-electron chi connectivity index (χ1n) is 4.49. The fraction of sp³-hybridized carbons (Fsp3) is 0.300. The number of benzene rings is 1. The van der Waals surface area contributed by atoms with E-state index in [4.69, 9.17) is 23.8 Å². The zero-order chi connectivity index (χ0) is 11.0. The van der Waals surface area contributed by atoms with E-state index in [-0.39, 0.29) is 16.5 Å². The smallest absolute Gasteiger partial charge is 0.131 e. The highest BCUT2D eigenvalue weighted by Crippen LogP contribution is 2.30. The van der Waals surface area contributed by atoms with E-state index < -0.39 is 11.6 Å². The van der Waals surface area contributed by atoms with Gasteiger partial charge < -0.3 is 5.32 Å². The molecule has 1 aliphatic heterocycles. The van der Waals surface area contributed by atoms with Gasteiger partial charge in [-0.25, -0.2) is 8.78 Å². The second kappa shape index (κ2) is 4.02. The Morgan fingerprint density at radius 3 is 2.40 bits per heavy atom. The standard InChI is InChI=1S/C10H8ClF2NS/c11-6-2-7(12)10(8(13)3-6)5-1-9(15)14-4-5/h2-3,5H,1,4H2,(H,14,15)/t5-/m0/s1. The molecule has 0 saturated carbocycles. The zero-order valence-corrected chi connectivity index (χ0v) is 9.26. The van der Waals surface area contributed by atoms with Gasteiger partial charge in [0.2, 0.25) is 0 Å². The largest absolute Gasteiger partial charge is 0.379 e. The van der Waals surface area contributed by atoms with Gasteiger partial charge in [-0.3, -0.25) is 0 Å². The first-order chi connectivity index (χ1) is 7.08. The van der Waals surface area contributed by atoms with Crippen molar-refractivity contribution in [1.82, 2.24) is 5.32 Å². The molecular weight excluding hydrogens is 240 g/mol. The van der Waals surface area contributed by atoms with Crippen LogP contribution in [0.3, 0.4) is 0 Å². The van der Waals surface area contributed by atoms with Crippen molar-refractivity contribution in [1.29, 1.82) is 0 Å². The fourth-order valence-corrected chi connectivity index (χ4v) is 2.23. The minimum absolute atomic E-state index is 0.0716. The third-order valence-corrected chi connectivity index (χ3v) is 2.96. The number of hydrogen-bond donors (Lipinski definition) is 1. The second-order valence-corrected chi connectivity index (χ2v) is 4.42. The molecule has 2 rings (SSSR count). The van der Waals surface area contributed by atoms with Gasteiger partial charge in [0.1, 0.15) is 11.6 Å². The molecule has 1 aromatic carbocycles. The summed E-state index contributed by atoms with van der Waals surface area (Å²) in [5.41, 5.74) is 0.0757.